The second-order valence-electron chi connectivity index (χ2n) is 3.62. The Balaban J connectivity index is 2.33. The van der Waals surface area contributed by atoms with E-state index in [9.17, 15) is 4.79 Å². The van der Waals surface area contributed by atoms with Crippen molar-refractivity contribution in [2.75, 3.05) is 0 Å². The molecule has 17 heavy (non-hydrogen) atoms. The van der Waals surface area contributed by atoms with Gasteiger partial charge < -0.3 is 0 Å². The third kappa shape index (κ3) is 5.13. The number of hydroxylamine groups is 1. The molecule has 1 aromatic carbocycles. The van der Waals surface area contributed by atoms with Crippen molar-refractivity contribution in [2.24, 2.45) is 0 Å². The van der Waals surface area contributed by atoms with E-state index in [-0.39, 0.29) is 5.97 Å². The van der Waals surface area contributed by atoms with Gasteiger partial charge in [-0.1, -0.05) is 46.7 Å². The first-order valence-electron chi connectivity index (χ1n) is 5.60. The van der Waals surface area contributed by atoms with Crippen LogP contribution < -0.4 is 5.48 Å². The minimum absolute atomic E-state index is 0.350. The van der Waals surface area contributed by atoms with Crippen LogP contribution in [0, 0.1) is 6.92 Å². The van der Waals surface area contributed by atoms with Gasteiger partial charge in [0.2, 0.25) is 0 Å². The molecule has 89 valence electrons. The van der Waals surface area contributed by atoms with Crippen LogP contribution in [0.3, 0.4) is 0 Å². The Labute approximate surface area is 102 Å². The Morgan fingerprint density at radius 1 is 1.35 bits per heavy atom. The molecule has 0 aliphatic heterocycles. The fourth-order valence-electron chi connectivity index (χ4n) is 1.34. The monoisotopic (exact) mass is 232 g/mol. The first-order valence-corrected chi connectivity index (χ1v) is 5.60. The molecular formula is C14H18NO2+2. The molecule has 0 bridgehead atoms. The van der Waals surface area contributed by atoms with Crippen molar-refractivity contribution in [3.8, 4) is 0 Å². The third-order valence-electron chi connectivity index (χ3n) is 2.30. The summed E-state index contributed by atoms with van der Waals surface area (Å²) in [4.78, 5) is 16.2. The number of carbonyl (C=O) groups excluding carboxylic acids is 1. The van der Waals surface area contributed by atoms with Gasteiger partial charge in [0.15, 0.2) is 6.54 Å². The van der Waals surface area contributed by atoms with Crippen molar-refractivity contribution in [1.29, 1.82) is 0 Å². The van der Waals surface area contributed by atoms with Crippen LogP contribution in [0.4, 0.5) is 0 Å². The van der Waals surface area contributed by atoms with E-state index in [1.807, 2.05) is 44.2 Å². The third-order valence-corrected chi connectivity index (χ3v) is 2.30. The molecule has 0 spiro atoms. The zero-order chi connectivity index (χ0) is 12.5. The number of hydrogen-bond acceptors (Lipinski definition) is 2. The number of carbonyl (C=O) groups is 1. The lowest BCUT2D eigenvalue weighted by Gasteiger charge is -1.98. The lowest BCUT2D eigenvalue weighted by atomic mass is 10.1. The van der Waals surface area contributed by atoms with Gasteiger partial charge in [-0.05, 0) is 25.5 Å². The summed E-state index contributed by atoms with van der Waals surface area (Å²) in [6.45, 7) is 4.56. The summed E-state index contributed by atoms with van der Waals surface area (Å²) in [5, 5.41) is 0. The lowest BCUT2D eigenvalue weighted by Crippen LogP contribution is -2.82. The van der Waals surface area contributed by atoms with Crippen molar-refractivity contribution in [3.05, 3.63) is 59.7 Å². The molecule has 0 amide bonds. The molecule has 0 aromatic heterocycles. The van der Waals surface area contributed by atoms with Gasteiger partial charge in [0.25, 0.3) is 0 Å². The normalized spacial score (nSPS) is 11.2. The fourth-order valence-corrected chi connectivity index (χ4v) is 1.34. The van der Waals surface area contributed by atoms with Gasteiger partial charge in [0, 0.05) is 5.56 Å². The van der Waals surface area contributed by atoms with Gasteiger partial charge in [0.1, 0.15) is 6.08 Å². The molecule has 0 aliphatic carbocycles. The molecule has 1 aromatic rings. The molecule has 0 fully saturated rings. The van der Waals surface area contributed by atoms with Crippen molar-refractivity contribution >= 4 is 5.97 Å². The highest BCUT2D eigenvalue weighted by Crippen LogP contribution is 2.04. The number of aryl methyl sites for hydroxylation is 1. The maximum atomic E-state index is 11.2. The Kier molecular flexibility index (Phi) is 5.75. The molecule has 0 unspecified atom stereocenters. The predicted octanol–water partition coefficient (Wildman–Crippen LogP) is 1.65. The number of nitrogens with two attached hydrogens (primary N) is 1. The van der Waals surface area contributed by atoms with Crippen LogP contribution >= 0.6 is 0 Å². The van der Waals surface area contributed by atoms with Gasteiger partial charge in [0.05, 0.1) is 4.79 Å². The molecule has 1 rings (SSSR count). The largest absolute Gasteiger partial charge is 0.662 e. The maximum absolute atomic E-state index is 11.2. The number of benzene rings is 1. The molecule has 0 saturated heterocycles. The second-order valence-corrected chi connectivity index (χ2v) is 3.62. The number of hydrogen-bond donors (Lipinski definition) is 1. The van der Waals surface area contributed by atoms with Crippen molar-refractivity contribution in [1.82, 2.24) is 0 Å². The van der Waals surface area contributed by atoms with Crippen molar-refractivity contribution in [2.45, 2.75) is 20.4 Å². The van der Waals surface area contributed by atoms with E-state index in [0.29, 0.717) is 6.54 Å². The number of quaternary nitrogens is 1. The van der Waals surface area contributed by atoms with Crippen molar-refractivity contribution in [3.63, 3.8) is 0 Å². The van der Waals surface area contributed by atoms with E-state index < -0.39 is 0 Å². The van der Waals surface area contributed by atoms with Gasteiger partial charge >= 0.3 is 5.97 Å². The average Bonchev–Trinajstić information content (AvgIpc) is 2.32. The van der Waals surface area contributed by atoms with Crippen LogP contribution in [-0.4, -0.2) is 5.97 Å². The molecule has 0 atom stereocenters. The summed E-state index contributed by atoms with van der Waals surface area (Å²) in [6, 6.07) is 8.03. The highest BCUT2D eigenvalue weighted by Gasteiger charge is 2.15. The van der Waals surface area contributed by atoms with Gasteiger partial charge in [-0.25, -0.2) is 0 Å². The van der Waals surface area contributed by atoms with E-state index >= 15 is 0 Å². The standard InChI is InChI=1S/C14H17NO2/c1-3-4-5-10-14(16)17-15-11-13-9-7-6-8-12(13)2/h3-10,15H,11H2,1-2H3/q+1/p+1/b4-3+,10-5+. The minimum Gasteiger partial charge on any atom is -0.0877 e. The lowest BCUT2D eigenvalue weighted by molar-refractivity contribution is -0.884. The van der Waals surface area contributed by atoms with E-state index in [2.05, 4.69) is 0 Å². The van der Waals surface area contributed by atoms with Crippen LogP contribution in [0.1, 0.15) is 18.1 Å². The molecule has 3 heteroatoms. The van der Waals surface area contributed by atoms with E-state index in [4.69, 9.17) is 4.84 Å². The van der Waals surface area contributed by atoms with E-state index in [1.165, 1.54) is 17.1 Å². The molecular weight excluding hydrogens is 214 g/mol. The van der Waals surface area contributed by atoms with E-state index in [0.717, 1.165) is 5.56 Å². The van der Waals surface area contributed by atoms with Crippen molar-refractivity contribution < 1.29 is 15.1 Å². The second kappa shape index (κ2) is 7.41. The summed E-state index contributed by atoms with van der Waals surface area (Å²) in [5.74, 6) is -0.350. The van der Waals surface area contributed by atoms with Crippen LogP contribution in [0.2, 0.25) is 0 Å². The Hall–Kier alpha value is -1.87. The minimum atomic E-state index is -0.350. The first kappa shape index (κ1) is 13.2. The molecule has 1 radical (unpaired) electrons. The van der Waals surface area contributed by atoms with Crippen LogP contribution in [0.15, 0.2) is 48.6 Å². The summed E-state index contributed by atoms with van der Waals surface area (Å²) in [5.41, 5.74) is 3.90. The molecule has 0 aliphatic rings. The Bertz CT molecular complexity index is 422. The molecule has 2 N–H and O–H groups in total. The molecule has 3 nitrogen and oxygen atoms in total. The Morgan fingerprint density at radius 2 is 2.12 bits per heavy atom. The first-order chi connectivity index (χ1) is 8.24. The van der Waals surface area contributed by atoms with E-state index in [1.54, 1.807) is 12.2 Å². The predicted molar refractivity (Wildman–Crippen MR) is 66.9 cm³/mol. The average molecular weight is 232 g/mol. The zero-order valence-corrected chi connectivity index (χ0v) is 10.2. The molecule has 0 heterocycles. The maximum Gasteiger partial charge on any atom is 0.662 e. The summed E-state index contributed by atoms with van der Waals surface area (Å²) in [6.07, 6.45) is 6.68. The SMILES string of the molecule is C/C=C/C=C/C(=[O+])O[NH2+]Cc1ccccc1C. The van der Waals surface area contributed by atoms with Gasteiger partial charge in [-0.3, -0.25) is 0 Å². The Morgan fingerprint density at radius 3 is 2.82 bits per heavy atom. The highest BCUT2D eigenvalue weighted by atomic mass is 16.7. The van der Waals surface area contributed by atoms with Gasteiger partial charge in [-0.2, -0.15) is 0 Å². The smallest absolute Gasteiger partial charge is 0.0877 e. The topological polar surface area (TPSA) is 45.7 Å². The van der Waals surface area contributed by atoms with Crippen LogP contribution in [0.25, 0.3) is 0 Å². The number of allylic oxidation sites excluding steroid dienone is 3. The summed E-state index contributed by atoms with van der Waals surface area (Å²) >= 11 is 0. The quantitative estimate of drug-likeness (QED) is 0.363. The fraction of sp³-hybridized carbons (Fsp3) is 0.214. The highest BCUT2D eigenvalue weighted by molar-refractivity contribution is 5.81. The number of rotatable bonds is 5. The summed E-state index contributed by atoms with van der Waals surface area (Å²) < 4.78 is 0. The van der Waals surface area contributed by atoms with Crippen LogP contribution in [-0.2, 0) is 16.2 Å². The van der Waals surface area contributed by atoms with Crippen LogP contribution in [0.5, 0.6) is 0 Å². The molecule has 0 saturated carbocycles. The zero-order valence-electron chi connectivity index (χ0n) is 10.2. The summed E-state index contributed by atoms with van der Waals surface area (Å²) in [7, 11) is 0. The van der Waals surface area contributed by atoms with Gasteiger partial charge in [-0.15, -0.1) is 0 Å².